The van der Waals surface area contributed by atoms with Crippen molar-refractivity contribution in [3.8, 4) is 0 Å². The fraction of sp³-hybridized carbons (Fsp3) is 0.538. The van der Waals surface area contributed by atoms with Gasteiger partial charge in [-0.1, -0.05) is 44.2 Å². The Morgan fingerprint density at radius 1 is 1.19 bits per heavy atom. The van der Waals surface area contributed by atoms with Crippen molar-refractivity contribution in [1.82, 2.24) is 0 Å². The molecule has 0 saturated carbocycles. The van der Waals surface area contributed by atoms with Gasteiger partial charge in [-0.2, -0.15) is 0 Å². The zero-order chi connectivity index (χ0) is 11.8. The number of unbranched alkanes of at least 4 members (excludes halogenated alkanes) is 4. The van der Waals surface area contributed by atoms with Gasteiger partial charge in [-0.15, -0.1) is 0 Å². The maximum atomic E-state index is 6.01. The molecule has 16 heavy (non-hydrogen) atoms. The van der Waals surface area contributed by atoms with Crippen molar-refractivity contribution < 1.29 is 0 Å². The molecule has 0 fully saturated rings. The molecule has 1 rings (SSSR count). The van der Waals surface area contributed by atoms with Crippen molar-refractivity contribution in [1.29, 1.82) is 0 Å². The van der Waals surface area contributed by atoms with Gasteiger partial charge in [0.05, 0.1) is 5.02 Å². The molecule has 0 aliphatic heterocycles. The summed E-state index contributed by atoms with van der Waals surface area (Å²) in [6.07, 6.45) is 6.54. The van der Waals surface area contributed by atoms with Crippen LogP contribution in [0.4, 0.5) is 5.69 Å². The SMILES string of the molecule is CCCCCCCNc1ccc(Br)c(Cl)c1. The minimum atomic E-state index is 0.760. The van der Waals surface area contributed by atoms with Gasteiger partial charge in [-0.3, -0.25) is 0 Å². The van der Waals surface area contributed by atoms with Gasteiger partial charge in [-0.25, -0.2) is 0 Å². The van der Waals surface area contributed by atoms with E-state index in [2.05, 4.69) is 28.2 Å². The summed E-state index contributed by atoms with van der Waals surface area (Å²) < 4.78 is 0.947. The van der Waals surface area contributed by atoms with Gasteiger partial charge in [0.15, 0.2) is 0 Å². The smallest absolute Gasteiger partial charge is 0.0568 e. The number of nitrogens with one attached hydrogen (secondary N) is 1. The molecule has 3 heteroatoms. The fourth-order valence-corrected chi connectivity index (χ4v) is 1.99. The molecule has 1 nitrogen and oxygen atoms in total. The quantitative estimate of drug-likeness (QED) is 0.657. The normalized spacial score (nSPS) is 10.4. The Morgan fingerprint density at radius 3 is 2.62 bits per heavy atom. The van der Waals surface area contributed by atoms with E-state index >= 15 is 0 Å². The highest BCUT2D eigenvalue weighted by molar-refractivity contribution is 9.10. The summed E-state index contributed by atoms with van der Waals surface area (Å²) in [7, 11) is 0. The average Bonchev–Trinajstić information content (AvgIpc) is 2.28. The van der Waals surface area contributed by atoms with E-state index in [0.717, 1.165) is 21.7 Å². The number of benzene rings is 1. The van der Waals surface area contributed by atoms with E-state index in [-0.39, 0.29) is 0 Å². The molecule has 1 N–H and O–H groups in total. The third kappa shape index (κ3) is 5.22. The maximum Gasteiger partial charge on any atom is 0.0568 e. The zero-order valence-electron chi connectivity index (χ0n) is 9.73. The predicted molar refractivity (Wildman–Crippen MR) is 76.4 cm³/mol. The van der Waals surface area contributed by atoms with Crippen LogP contribution in [0.2, 0.25) is 5.02 Å². The number of halogens is 2. The molecule has 1 aromatic carbocycles. The molecule has 0 aliphatic rings. The van der Waals surface area contributed by atoms with Crippen molar-refractivity contribution >= 4 is 33.2 Å². The highest BCUT2D eigenvalue weighted by Gasteiger charge is 1.98. The standard InChI is InChI=1S/C13H19BrClN/c1-2-3-4-5-6-9-16-11-7-8-12(14)13(15)10-11/h7-8,10,16H,2-6,9H2,1H3. The van der Waals surface area contributed by atoms with Crippen LogP contribution in [0.3, 0.4) is 0 Å². The molecule has 0 bridgehead atoms. The monoisotopic (exact) mass is 303 g/mol. The third-order valence-corrected chi connectivity index (χ3v) is 3.76. The topological polar surface area (TPSA) is 12.0 Å². The molecule has 0 spiro atoms. The van der Waals surface area contributed by atoms with Crippen LogP contribution in [-0.4, -0.2) is 6.54 Å². The van der Waals surface area contributed by atoms with Crippen LogP contribution >= 0.6 is 27.5 Å². The lowest BCUT2D eigenvalue weighted by molar-refractivity contribution is 0.645. The minimum Gasteiger partial charge on any atom is -0.385 e. The Bertz CT molecular complexity index is 315. The molecular formula is C13H19BrClN. The van der Waals surface area contributed by atoms with E-state index in [1.165, 1.54) is 32.1 Å². The van der Waals surface area contributed by atoms with Gasteiger partial charge in [0.1, 0.15) is 0 Å². The first-order chi connectivity index (χ1) is 7.74. The van der Waals surface area contributed by atoms with Crippen LogP contribution in [0.25, 0.3) is 0 Å². The highest BCUT2D eigenvalue weighted by Crippen LogP contribution is 2.25. The molecular weight excluding hydrogens is 286 g/mol. The van der Waals surface area contributed by atoms with Crippen molar-refractivity contribution in [3.05, 3.63) is 27.7 Å². The van der Waals surface area contributed by atoms with E-state index in [4.69, 9.17) is 11.6 Å². The Kier molecular flexibility index (Phi) is 6.90. The van der Waals surface area contributed by atoms with Crippen LogP contribution in [0.1, 0.15) is 39.0 Å². The van der Waals surface area contributed by atoms with Gasteiger partial charge >= 0.3 is 0 Å². The maximum absolute atomic E-state index is 6.01. The van der Waals surface area contributed by atoms with Gasteiger partial charge in [0.2, 0.25) is 0 Å². The Labute approximate surface area is 112 Å². The second-order valence-electron chi connectivity index (χ2n) is 3.97. The second kappa shape index (κ2) is 7.97. The minimum absolute atomic E-state index is 0.760. The molecule has 0 heterocycles. The van der Waals surface area contributed by atoms with Crippen LogP contribution in [0, 0.1) is 0 Å². The Hall–Kier alpha value is -0.210. The van der Waals surface area contributed by atoms with Crippen molar-refractivity contribution in [2.75, 3.05) is 11.9 Å². The van der Waals surface area contributed by atoms with Crippen LogP contribution < -0.4 is 5.32 Å². The lowest BCUT2D eigenvalue weighted by Gasteiger charge is -2.07. The van der Waals surface area contributed by atoms with Crippen molar-refractivity contribution in [3.63, 3.8) is 0 Å². The van der Waals surface area contributed by atoms with Crippen LogP contribution in [0.15, 0.2) is 22.7 Å². The van der Waals surface area contributed by atoms with E-state index < -0.39 is 0 Å². The molecule has 0 amide bonds. The Balaban J connectivity index is 2.19. The molecule has 0 aliphatic carbocycles. The molecule has 0 aromatic heterocycles. The summed E-state index contributed by atoms with van der Waals surface area (Å²) in [6, 6.07) is 5.97. The summed E-state index contributed by atoms with van der Waals surface area (Å²) >= 11 is 9.39. The van der Waals surface area contributed by atoms with E-state index in [0.29, 0.717) is 0 Å². The summed E-state index contributed by atoms with van der Waals surface area (Å²) in [5.41, 5.74) is 1.10. The van der Waals surface area contributed by atoms with Crippen LogP contribution in [0.5, 0.6) is 0 Å². The first-order valence-electron chi connectivity index (χ1n) is 5.93. The fourth-order valence-electron chi connectivity index (χ4n) is 1.57. The first-order valence-corrected chi connectivity index (χ1v) is 7.10. The number of rotatable bonds is 7. The second-order valence-corrected chi connectivity index (χ2v) is 5.23. The summed E-state index contributed by atoms with van der Waals surface area (Å²) in [5, 5.41) is 4.14. The summed E-state index contributed by atoms with van der Waals surface area (Å²) in [4.78, 5) is 0. The van der Waals surface area contributed by atoms with Gasteiger partial charge in [-0.05, 0) is 40.5 Å². The van der Waals surface area contributed by atoms with E-state index in [1.54, 1.807) is 0 Å². The lowest BCUT2D eigenvalue weighted by Crippen LogP contribution is -2.01. The van der Waals surface area contributed by atoms with Crippen molar-refractivity contribution in [2.24, 2.45) is 0 Å². The molecule has 0 radical (unpaired) electrons. The zero-order valence-corrected chi connectivity index (χ0v) is 12.1. The van der Waals surface area contributed by atoms with E-state index in [1.807, 2.05) is 18.2 Å². The summed E-state index contributed by atoms with van der Waals surface area (Å²) in [5.74, 6) is 0. The average molecular weight is 305 g/mol. The van der Waals surface area contributed by atoms with Crippen LogP contribution in [-0.2, 0) is 0 Å². The predicted octanol–water partition coefficient (Wildman–Crippen LogP) is 5.48. The van der Waals surface area contributed by atoms with Gasteiger partial charge in [0.25, 0.3) is 0 Å². The first kappa shape index (κ1) is 13.9. The molecule has 1 aromatic rings. The summed E-state index contributed by atoms with van der Waals surface area (Å²) in [6.45, 7) is 3.27. The molecule has 0 unspecified atom stereocenters. The molecule has 0 saturated heterocycles. The van der Waals surface area contributed by atoms with Gasteiger partial charge < -0.3 is 5.32 Å². The Morgan fingerprint density at radius 2 is 1.94 bits per heavy atom. The third-order valence-electron chi connectivity index (χ3n) is 2.53. The molecule has 0 atom stereocenters. The number of hydrogen-bond acceptors (Lipinski definition) is 1. The van der Waals surface area contributed by atoms with Crippen molar-refractivity contribution in [2.45, 2.75) is 39.0 Å². The highest BCUT2D eigenvalue weighted by atomic mass is 79.9. The van der Waals surface area contributed by atoms with E-state index in [9.17, 15) is 0 Å². The van der Waals surface area contributed by atoms with Gasteiger partial charge in [0, 0.05) is 16.7 Å². The number of anilines is 1. The largest absolute Gasteiger partial charge is 0.385 e. The lowest BCUT2D eigenvalue weighted by atomic mass is 10.1. The number of hydrogen-bond donors (Lipinski definition) is 1. The molecule has 90 valence electrons.